The zero-order valence-corrected chi connectivity index (χ0v) is 25.9. The number of nitrogens with zero attached hydrogens (tertiary/aromatic N) is 5. The van der Waals surface area contributed by atoms with Gasteiger partial charge in [-0.2, -0.15) is 0 Å². The quantitative estimate of drug-likeness (QED) is 0.185. The lowest BCUT2D eigenvalue weighted by Gasteiger charge is -2.28. The summed E-state index contributed by atoms with van der Waals surface area (Å²) >= 11 is 6.38. The molecule has 0 spiro atoms. The van der Waals surface area contributed by atoms with Gasteiger partial charge in [-0.3, -0.25) is 19.2 Å². The van der Waals surface area contributed by atoms with Gasteiger partial charge in [0.1, 0.15) is 0 Å². The van der Waals surface area contributed by atoms with Crippen molar-refractivity contribution < 1.29 is 19.8 Å². The summed E-state index contributed by atoms with van der Waals surface area (Å²) in [6, 6.07) is 24.4. The maximum atomic E-state index is 14.1. The minimum Gasteiger partial charge on any atom is -0.396 e. The molecular weight excluding hydrogens is 602 g/mol. The van der Waals surface area contributed by atoms with Gasteiger partial charge in [-0.05, 0) is 59.8 Å². The highest BCUT2D eigenvalue weighted by atomic mass is 35.5. The zero-order valence-electron chi connectivity index (χ0n) is 25.2. The van der Waals surface area contributed by atoms with E-state index < -0.39 is 17.4 Å². The Balaban J connectivity index is 1.13. The Morgan fingerprint density at radius 3 is 2.63 bits per heavy atom. The summed E-state index contributed by atoms with van der Waals surface area (Å²) in [4.78, 5) is 31.0. The van der Waals surface area contributed by atoms with Gasteiger partial charge in [0, 0.05) is 53.3 Å². The van der Waals surface area contributed by atoms with Gasteiger partial charge < -0.3 is 15.1 Å². The molecule has 46 heavy (non-hydrogen) atoms. The van der Waals surface area contributed by atoms with Crippen molar-refractivity contribution in [2.24, 2.45) is 5.92 Å². The molecule has 0 fully saturated rings. The van der Waals surface area contributed by atoms with E-state index >= 15 is 0 Å². The summed E-state index contributed by atoms with van der Waals surface area (Å²) < 4.78 is 1.70. The fraction of sp³-hybridized carbons (Fsp3) is 0.222. The van der Waals surface area contributed by atoms with E-state index in [1.807, 2.05) is 79.7 Å². The average molecular weight is 634 g/mol. The highest BCUT2D eigenvalue weighted by molar-refractivity contribution is 6.31. The molecule has 2 amide bonds. The van der Waals surface area contributed by atoms with Crippen LogP contribution in [0.25, 0.3) is 10.8 Å². The molecule has 1 aromatic heterocycles. The standard InChI is InChI=1S/C36H32ClN5O4/c1-23(7-2-3-17-40-22-27(16-18-43)38-39-40)36(46)30-20-26(37)14-15-31(30)41(35(36)45)21-24-8-4-11-28(19-24)42-32-13-6-10-25-9-5-12-29(33(25)32)34(42)44/h2,4-15,19-20,22-23,43,46H,3,16-18,21H2,1H3/b7-2+/t23-,36+/m0/s1. The molecule has 3 heterocycles. The third kappa shape index (κ3) is 4.97. The van der Waals surface area contributed by atoms with E-state index in [-0.39, 0.29) is 19.1 Å². The Morgan fingerprint density at radius 1 is 1.00 bits per heavy atom. The van der Waals surface area contributed by atoms with Gasteiger partial charge in [-0.25, -0.2) is 0 Å². The van der Waals surface area contributed by atoms with Crippen molar-refractivity contribution in [1.29, 1.82) is 0 Å². The molecule has 0 radical (unpaired) electrons. The normalized spacial score (nSPS) is 17.9. The van der Waals surface area contributed by atoms with Gasteiger partial charge >= 0.3 is 0 Å². The molecule has 0 bridgehead atoms. The first kappa shape index (κ1) is 29.9. The largest absolute Gasteiger partial charge is 0.396 e. The van der Waals surface area contributed by atoms with Crippen LogP contribution in [-0.4, -0.2) is 43.6 Å². The smallest absolute Gasteiger partial charge is 0.264 e. The van der Waals surface area contributed by atoms with Crippen molar-refractivity contribution in [3.8, 4) is 0 Å². The number of aliphatic hydroxyl groups is 2. The number of aromatic nitrogens is 3. The van der Waals surface area contributed by atoms with Crippen LogP contribution in [0, 0.1) is 5.92 Å². The van der Waals surface area contributed by atoms with Gasteiger partial charge in [0.2, 0.25) is 0 Å². The molecule has 2 atom stereocenters. The summed E-state index contributed by atoms with van der Waals surface area (Å²) in [6.45, 7) is 2.59. The van der Waals surface area contributed by atoms with Crippen molar-refractivity contribution in [1.82, 2.24) is 15.0 Å². The number of rotatable bonds is 10. The third-order valence-electron chi connectivity index (χ3n) is 8.86. The second-order valence-corrected chi connectivity index (χ2v) is 12.2. The van der Waals surface area contributed by atoms with Gasteiger partial charge in [0.05, 0.1) is 29.2 Å². The number of anilines is 3. The van der Waals surface area contributed by atoms with Gasteiger partial charge in [-0.1, -0.05) is 72.3 Å². The van der Waals surface area contributed by atoms with Crippen LogP contribution in [0.1, 0.15) is 40.5 Å². The lowest BCUT2D eigenvalue weighted by Crippen LogP contribution is -2.44. The lowest BCUT2D eigenvalue weighted by molar-refractivity contribution is -0.139. The Morgan fingerprint density at radius 2 is 1.80 bits per heavy atom. The van der Waals surface area contributed by atoms with Crippen molar-refractivity contribution in [3.05, 3.63) is 125 Å². The first-order chi connectivity index (χ1) is 22.3. The Bertz CT molecular complexity index is 2020. The monoisotopic (exact) mass is 633 g/mol. The van der Waals surface area contributed by atoms with E-state index in [1.165, 1.54) is 0 Å². The number of carbonyl (C=O) groups excluding carboxylic acids is 2. The second kappa shape index (κ2) is 11.8. The van der Waals surface area contributed by atoms with Crippen LogP contribution in [0.5, 0.6) is 0 Å². The predicted molar refractivity (Wildman–Crippen MR) is 177 cm³/mol. The number of fused-ring (bicyclic) bond motifs is 1. The van der Waals surface area contributed by atoms with Crippen LogP contribution < -0.4 is 9.80 Å². The summed E-state index contributed by atoms with van der Waals surface area (Å²) in [5, 5.41) is 31.6. The molecule has 5 aromatic rings. The van der Waals surface area contributed by atoms with Crippen LogP contribution in [0.3, 0.4) is 0 Å². The minimum absolute atomic E-state index is 0.0143. The van der Waals surface area contributed by atoms with Crippen LogP contribution >= 0.6 is 11.6 Å². The maximum Gasteiger partial charge on any atom is 0.264 e. The number of aliphatic hydroxyl groups excluding tert-OH is 1. The third-order valence-corrected chi connectivity index (χ3v) is 9.10. The first-order valence-electron chi connectivity index (χ1n) is 15.3. The van der Waals surface area contributed by atoms with E-state index in [2.05, 4.69) is 10.3 Å². The summed E-state index contributed by atoms with van der Waals surface area (Å²) in [5.41, 5.74) is 2.96. The molecule has 4 aromatic carbocycles. The van der Waals surface area contributed by atoms with Gasteiger partial charge in [0.25, 0.3) is 11.8 Å². The number of hydrogen-bond donors (Lipinski definition) is 2. The molecule has 10 heteroatoms. The van der Waals surface area contributed by atoms with Crippen molar-refractivity contribution in [2.75, 3.05) is 16.4 Å². The predicted octanol–water partition coefficient (Wildman–Crippen LogP) is 5.93. The molecule has 7 rings (SSSR count). The van der Waals surface area contributed by atoms with Crippen molar-refractivity contribution >= 4 is 51.2 Å². The summed E-state index contributed by atoms with van der Waals surface area (Å²) in [5.74, 6) is -1.09. The molecule has 0 saturated heterocycles. The first-order valence-corrected chi connectivity index (χ1v) is 15.6. The van der Waals surface area contributed by atoms with Crippen LogP contribution in [0.15, 0.2) is 97.2 Å². The molecule has 2 N–H and O–H groups in total. The molecule has 0 saturated carbocycles. The number of aryl methyl sites for hydroxylation is 1. The van der Waals surface area contributed by atoms with Crippen LogP contribution in [-0.2, 0) is 29.9 Å². The Labute approximate surface area is 270 Å². The van der Waals surface area contributed by atoms with E-state index in [1.54, 1.807) is 38.9 Å². The fourth-order valence-corrected chi connectivity index (χ4v) is 6.72. The number of amides is 2. The number of halogens is 1. The zero-order chi connectivity index (χ0) is 32.0. The number of benzene rings is 4. The average Bonchev–Trinajstić information content (AvgIpc) is 3.69. The maximum absolute atomic E-state index is 14.1. The Hall–Kier alpha value is -4.83. The minimum atomic E-state index is -1.82. The summed E-state index contributed by atoms with van der Waals surface area (Å²) in [6.07, 6.45) is 6.63. The van der Waals surface area contributed by atoms with Crippen molar-refractivity contribution in [2.45, 2.75) is 38.5 Å². The van der Waals surface area contributed by atoms with Crippen molar-refractivity contribution in [3.63, 3.8) is 0 Å². The molecule has 0 unspecified atom stereocenters. The van der Waals surface area contributed by atoms with E-state index in [0.29, 0.717) is 46.9 Å². The number of allylic oxidation sites excluding steroid dienone is 1. The molecular formula is C36H32ClN5O4. The fourth-order valence-electron chi connectivity index (χ4n) is 6.55. The Kier molecular flexibility index (Phi) is 7.68. The highest BCUT2D eigenvalue weighted by Crippen LogP contribution is 2.47. The molecule has 232 valence electrons. The van der Waals surface area contributed by atoms with E-state index in [9.17, 15) is 14.7 Å². The number of hydrogen-bond acceptors (Lipinski definition) is 6. The SMILES string of the molecule is C[C@@H](/C=C/CCn1cc(CCO)nn1)[C@]1(O)C(=O)N(Cc2cccc(N3C(=O)c4cccc5cccc3c45)c2)c2ccc(Cl)cc21. The van der Waals surface area contributed by atoms with Crippen LogP contribution in [0.2, 0.25) is 5.02 Å². The van der Waals surface area contributed by atoms with E-state index in [4.69, 9.17) is 16.7 Å². The highest BCUT2D eigenvalue weighted by Gasteiger charge is 2.52. The topological polar surface area (TPSA) is 112 Å². The van der Waals surface area contributed by atoms with Gasteiger partial charge in [-0.15, -0.1) is 5.10 Å². The second-order valence-electron chi connectivity index (χ2n) is 11.8. The molecule has 2 aliphatic heterocycles. The van der Waals surface area contributed by atoms with Crippen LogP contribution in [0.4, 0.5) is 17.1 Å². The molecule has 0 aliphatic carbocycles. The molecule has 9 nitrogen and oxygen atoms in total. The number of carbonyl (C=O) groups is 2. The lowest BCUT2D eigenvalue weighted by atomic mass is 9.83. The van der Waals surface area contributed by atoms with Gasteiger partial charge in [0.15, 0.2) is 5.60 Å². The molecule has 2 aliphatic rings. The van der Waals surface area contributed by atoms with E-state index in [0.717, 1.165) is 27.7 Å². The summed E-state index contributed by atoms with van der Waals surface area (Å²) in [7, 11) is 0.